The van der Waals surface area contributed by atoms with Gasteiger partial charge in [0.15, 0.2) is 12.4 Å². The SMILES string of the molecule is CCCCCC/C=C/CCCCCCCCCC(=O)O[C@H](COC(=O)CCCCCCC/C=C/CCCCCC)CO[C@@H]1O[C@H](CO)[C@H](O)C(O)C1O. The number of esters is 2. The number of carbonyl (C=O) groups is 2. The average Bonchev–Trinajstić information content (AvgIpc) is 3.15. The summed E-state index contributed by atoms with van der Waals surface area (Å²) in [5.41, 5.74) is 0. The molecule has 310 valence electrons. The van der Waals surface area contributed by atoms with Crippen molar-refractivity contribution in [3.8, 4) is 0 Å². The standard InChI is InChI=1S/C43H78O10/c1-3-5-7-9-11-13-15-17-18-20-22-24-26-28-30-32-39(46)52-36(35-51-43-42(49)41(48)40(47)37(33-44)53-43)34-50-38(45)31-29-27-25-23-21-19-16-14-12-10-8-6-4-2/h13-16,36-37,40-44,47-49H,3-12,17-35H2,1-2H3/b15-13+,16-14+/t36-,37-,40+,41?,42?,43-/m1/s1. The van der Waals surface area contributed by atoms with Gasteiger partial charge in [-0.3, -0.25) is 9.59 Å². The Morgan fingerprint density at radius 2 is 1.00 bits per heavy atom. The van der Waals surface area contributed by atoms with Crippen LogP contribution in [-0.2, 0) is 28.5 Å². The molecule has 10 nitrogen and oxygen atoms in total. The van der Waals surface area contributed by atoms with E-state index in [0.717, 1.165) is 57.8 Å². The van der Waals surface area contributed by atoms with E-state index >= 15 is 0 Å². The number of hydrogen-bond donors (Lipinski definition) is 4. The summed E-state index contributed by atoms with van der Waals surface area (Å²) < 4.78 is 22.1. The number of aliphatic hydroxyl groups is 4. The molecular formula is C43H78O10. The number of ether oxygens (including phenoxy) is 4. The van der Waals surface area contributed by atoms with E-state index in [9.17, 15) is 30.0 Å². The van der Waals surface area contributed by atoms with E-state index in [1.165, 1.54) is 83.5 Å². The van der Waals surface area contributed by atoms with Gasteiger partial charge in [-0.15, -0.1) is 0 Å². The van der Waals surface area contributed by atoms with Gasteiger partial charge in [0.1, 0.15) is 31.0 Å². The largest absolute Gasteiger partial charge is 0.462 e. The lowest BCUT2D eigenvalue weighted by Crippen LogP contribution is -2.59. The highest BCUT2D eigenvalue weighted by Crippen LogP contribution is 2.22. The van der Waals surface area contributed by atoms with Crippen LogP contribution in [0, 0.1) is 0 Å². The van der Waals surface area contributed by atoms with Gasteiger partial charge in [0.2, 0.25) is 0 Å². The minimum Gasteiger partial charge on any atom is -0.462 e. The topological polar surface area (TPSA) is 152 Å². The highest BCUT2D eigenvalue weighted by molar-refractivity contribution is 5.70. The van der Waals surface area contributed by atoms with Crippen molar-refractivity contribution in [2.45, 2.75) is 218 Å². The average molecular weight is 755 g/mol. The van der Waals surface area contributed by atoms with E-state index in [1.54, 1.807) is 0 Å². The highest BCUT2D eigenvalue weighted by atomic mass is 16.7. The molecule has 4 N–H and O–H groups in total. The molecule has 0 amide bonds. The van der Waals surface area contributed by atoms with Crippen molar-refractivity contribution in [3.05, 3.63) is 24.3 Å². The minimum atomic E-state index is -1.59. The molecule has 1 heterocycles. The molecule has 1 saturated heterocycles. The van der Waals surface area contributed by atoms with Crippen LogP contribution in [0.2, 0.25) is 0 Å². The zero-order valence-electron chi connectivity index (χ0n) is 33.5. The van der Waals surface area contributed by atoms with Crippen LogP contribution in [0.5, 0.6) is 0 Å². The van der Waals surface area contributed by atoms with Crippen molar-refractivity contribution in [1.29, 1.82) is 0 Å². The van der Waals surface area contributed by atoms with Crippen LogP contribution < -0.4 is 0 Å². The van der Waals surface area contributed by atoms with Gasteiger partial charge in [-0.05, 0) is 64.2 Å². The molecule has 10 heteroatoms. The van der Waals surface area contributed by atoms with Gasteiger partial charge < -0.3 is 39.4 Å². The van der Waals surface area contributed by atoms with Gasteiger partial charge >= 0.3 is 11.9 Å². The van der Waals surface area contributed by atoms with E-state index in [0.29, 0.717) is 12.8 Å². The second kappa shape index (κ2) is 34.7. The number of hydrogen-bond acceptors (Lipinski definition) is 10. The first-order chi connectivity index (χ1) is 25.8. The lowest BCUT2D eigenvalue weighted by atomic mass is 9.99. The summed E-state index contributed by atoms with van der Waals surface area (Å²) in [6, 6.07) is 0. The Labute approximate surface area is 322 Å². The minimum absolute atomic E-state index is 0.221. The summed E-state index contributed by atoms with van der Waals surface area (Å²) in [6.45, 7) is 3.38. The smallest absolute Gasteiger partial charge is 0.306 e. The maximum Gasteiger partial charge on any atom is 0.306 e. The summed E-state index contributed by atoms with van der Waals surface area (Å²) in [4.78, 5) is 25.2. The summed E-state index contributed by atoms with van der Waals surface area (Å²) in [7, 11) is 0. The molecule has 0 aromatic rings. The van der Waals surface area contributed by atoms with Crippen molar-refractivity contribution in [3.63, 3.8) is 0 Å². The van der Waals surface area contributed by atoms with Crippen LogP contribution >= 0.6 is 0 Å². The zero-order valence-corrected chi connectivity index (χ0v) is 33.5. The van der Waals surface area contributed by atoms with E-state index in [1.807, 2.05) is 0 Å². The molecule has 0 bridgehead atoms. The van der Waals surface area contributed by atoms with Crippen LogP contribution in [0.1, 0.15) is 181 Å². The second-order valence-corrected chi connectivity index (χ2v) is 14.8. The molecule has 0 radical (unpaired) electrons. The first-order valence-electron chi connectivity index (χ1n) is 21.4. The van der Waals surface area contributed by atoms with Crippen molar-refractivity contribution in [1.82, 2.24) is 0 Å². The van der Waals surface area contributed by atoms with Crippen LogP contribution in [0.3, 0.4) is 0 Å². The molecule has 53 heavy (non-hydrogen) atoms. The Kier molecular flexibility index (Phi) is 32.2. The first kappa shape index (κ1) is 49.2. The fraction of sp³-hybridized carbons (Fsp3) is 0.860. The molecule has 1 rings (SSSR count). The lowest BCUT2D eigenvalue weighted by molar-refractivity contribution is -0.305. The van der Waals surface area contributed by atoms with Crippen molar-refractivity contribution in [2.75, 3.05) is 19.8 Å². The molecule has 0 saturated carbocycles. The van der Waals surface area contributed by atoms with Crippen LogP contribution in [0.15, 0.2) is 24.3 Å². The number of allylic oxidation sites excluding steroid dienone is 4. The number of carbonyl (C=O) groups excluding carboxylic acids is 2. The van der Waals surface area contributed by atoms with Gasteiger partial charge in [-0.2, -0.15) is 0 Å². The van der Waals surface area contributed by atoms with Gasteiger partial charge in [0.05, 0.1) is 13.2 Å². The van der Waals surface area contributed by atoms with E-state index in [4.69, 9.17) is 18.9 Å². The molecule has 0 aliphatic carbocycles. The van der Waals surface area contributed by atoms with Gasteiger partial charge in [0.25, 0.3) is 0 Å². The Hall–Kier alpha value is -1.82. The zero-order chi connectivity index (χ0) is 38.8. The predicted octanol–water partition coefficient (Wildman–Crippen LogP) is 8.55. The summed E-state index contributed by atoms with van der Waals surface area (Å²) >= 11 is 0. The second-order valence-electron chi connectivity index (χ2n) is 14.8. The van der Waals surface area contributed by atoms with Gasteiger partial charge in [0, 0.05) is 12.8 Å². The maximum absolute atomic E-state index is 12.7. The Morgan fingerprint density at radius 1 is 0.566 bits per heavy atom. The highest BCUT2D eigenvalue weighted by Gasteiger charge is 2.44. The number of unbranched alkanes of at least 4 members (excludes halogenated alkanes) is 20. The van der Waals surface area contributed by atoms with E-state index < -0.39 is 49.4 Å². The third kappa shape index (κ3) is 26.6. The van der Waals surface area contributed by atoms with Gasteiger partial charge in [-0.25, -0.2) is 0 Å². The Bertz CT molecular complexity index is 923. The molecule has 1 fully saturated rings. The van der Waals surface area contributed by atoms with Crippen molar-refractivity contribution in [2.24, 2.45) is 0 Å². The molecule has 0 aromatic carbocycles. The van der Waals surface area contributed by atoms with Crippen LogP contribution in [-0.4, -0.2) is 89.0 Å². The third-order valence-electron chi connectivity index (χ3n) is 9.81. The molecule has 6 atom stereocenters. The fourth-order valence-corrected chi connectivity index (χ4v) is 6.35. The molecule has 1 aliphatic rings. The molecule has 0 spiro atoms. The molecule has 2 unspecified atom stereocenters. The lowest BCUT2D eigenvalue weighted by Gasteiger charge is -2.39. The monoisotopic (exact) mass is 755 g/mol. The van der Waals surface area contributed by atoms with Crippen molar-refractivity contribution >= 4 is 11.9 Å². The molecular weight excluding hydrogens is 676 g/mol. The number of aliphatic hydroxyl groups excluding tert-OH is 4. The van der Waals surface area contributed by atoms with Crippen molar-refractivity contribution < 1.29 is 49.0 Å². The third-order valence-corrected chi connectivity index (χ3v) is 9.81. The predicted molar refractivity (Wildman–Crippen MR) is 210 cm³/mol. The summed E-state index contributed by atoms with van der Waals surface area (Å²) in [6.07, 6.45) is 28.9. The van der Waals surface area contributed by atoms with Crippen LogP contribution in [0.4, 0.5) is 0 Å². The summed E-state index contributed by atoms with van der Waals surface area (Å²) in [5.74, 6) is -0.820. The Balaban J connectivity index is 2.36. The van der Waals surface area contributed by atoms with E-state index in [-0.39, 0.29) is 32.0 Å². The quantitative estimate of drug-likeness (QED) is 0.0281. The van der Waals surface area contributed by atoms with E-state index in [2.05, 4.69) is 38.2 Å². The molecule has 1 aliphatic heterocycles. The maximum atomic E-state index is 12.7. The van der Waals surface area contributed by atoms with Gasteiger partial charge in [-0.1, -0.05) is 128 Å². The molecule has 0 aromatic heterocycles. The normalized spacial score (nSPS) is 21.1. The number of rotatable bonds is 35. The first-order valence-corrected chi connectivity index (χ1v) is 21.4. The summed E-state index contributed by atoms with van der Waals surface area (Å²) in [5, 5.41) is 40.0. The Morgan fingerprint density at radius 3 is 1.47 bits per heavy atom. The fourth-order valence-electron chi connectivity index (χ4n) is 6.35. The van der Waals surface area contributed by atoms with Crippen LogP contribution in [0.25, 0.3) is 0 Å².